The summed E-state index contributed by atoms with van der Waals surface area (Å²) in [4.78, 5) is 0. The highest BCUT2D eigenvalue weighted by atomic mass is 32.2. The van der Waals surface area contributed by atoms with Gasteiger partial charge in [-0.05, 0) is 43.3 Å². The van der Waals surface area contributed by atoms with Crippen LogP contribution in [0.5, 0.6) is 5.75 Å². The molecule has 3 rings (SSSR count). The molecular formula is C18H21N3O3S. The minimum absolute atomic E-state index is 0.582. The zero-order valence-electron chi connectivity index (χ0n) is 14.3. The quantitative estimate of drug-likeness (QED) is 0.429. The molecule has 0 bridgehead atoms. The molecule has 0 radical (unpaired) electrons. The van der Waals surface area contributed by atoms with Gasteiger partial charge in [-0.15, -0.1) is 10.2 Å². The van der Waals surface area contributed by atoms with Crippen molar-refractivity contribution in [3.05, 3.63) is 48.4 Å². The highest BCUT2D eigenvalue weighted by Gasteiger charge is 2.16. The lowest BCUT2D eigenvalue weighted by atomic mass is 10.2. The lowest BCUT2D eigenvalue weighted by molar-refractivity contribution is 0.164. The molecule has 0 amide bonds. The maximum absolute atomic E-state index is 5.50. The van der Waals surface area contributed by atoms with Gasteiger partial charge in [0.05, 0.1) is 26.5 Å². The van der Waals surface area contributed by atoms with Crippen molar-refractivity contribution in [3.63, 3.8) is 0 Å². The summed E-state index contributed by atoms with van der Waals surface area (Å²) in [6, 6.07) is 11.6. The van der Waals surface area contributed by atoms with E-state index in [1.54, 1.807) is 25.1 Å². The smallest absolute Gasteiger partial charge is 0.192 e. The van der Waals surface area contributed by atoms with Crippen LogP contribution in [0.25, 0.3) is 11.4 Å². The van der Waals surface area contributed by atoms with Crippen molar-refractivity contribution >= 4 is 11.8 Å². The molecule has 7 heteroatoms. The third-order valence-corrected chi connectivity index (χ3v) is 4.55. The van der Waals surface area contributed by atoms with Gasteiger partial charge in [0.25, 0.3) is 0 Å². The summed E-state index contributed by atoms with van der Waals surface area (Å²) in [7, 11) is 1.65. The Balaban J connectivity index is 1.86. The summed E-state index contributed by atoms with van der Waals surface area (Å²) < 4.78 is 18.2. The van der Waals surface area contributed by atoms with E-state index in [2.05, 4.69) is 14.8 Å². The number of thioether (sulfide) groups is 1. The molecule has 0 aliphatic heterocycles. The van der Waals surface area contributed by atoms with Crippen molar-refractivity contribution in [3.8, 4) is 17.1 Å². The van der Waals surface area contributed by atoms with Gasteiger partial charge in [-0.25, -0.2) is 0 Å². The summed E-state index contributed by atoms with van der Waals surface area (Å²) in [6.45, 7) is 3.98. The fourth-order valence-corrected chi connectivity index (χ4v) is 3.18. The van der Waals surface area contributed by atoms with E-state index < -0.39 is 0 Å². The molecule has 25 heavy (non-hydrogen) atoms. The fraction of sp³-hybridized carbons (Fsp3) is 0.333. The van der Waals surface area contributed by atoms with Gasteiger partial charge < -0.3 is 13.9 Å². The Bertz CT molecular complexity index is 769. The molecule has 132 valence electrons. The topological polar surface area (TPSA) is 62.3 Å². The van der Waals surface area contributed by atoms with E-state index in [1.165, 1.54) is 0 Å². The van der Waals surface area contributed by atoms with Crippen LogP contribution in [0.4, 0.5) is 0 Å². The largest absolute Gasteiger partial charge is 0.497 e. The zero-order valence-corrected chi connectivity index (χ0v) is 15.2. The van der Waals surface area contributed by atoms with E-state index in [4.69, 9.17) is 13.9 Å². The predicted octanol–water partition coefficient (Wildman–Crippen LogP) is 3.72. The molecule has 6 nitrogen and oxygen atoms in total. The first-order chi connectivity index (χ1) is 12.3. The molecule has 2 aromatic heterocycles. The van der Waals surface area contributed by atoms with Gasteiger partial charge >= 0.3 is 0 Å². The van der Waals surface area contributed by atoms with Crippen LogP contribution in [0.1, 0.15) is 12.7 Å². The molecular weight excluding hydrogens is 338 g/mol. The first-order valence-electron chi connectivity index (χ1n) is 8.12. The highest BCUT2D eigenvalue weighted by Crippen LogP contribution is 2.26. The predicted molar refractivity (Wildman–Crippen MR) is 97.0 cm³/mol. The first-order valence-corrected chi connectivity index (χ1v) is 9.11. The second-order valence-electron chi connectivity index (χ2n) is 5.25. The summed E-state index contributed by atoms with van der Waals surface area (Å²) in [5.74, 6) is 3.30. The maximum atomic E-state index is 5.50. The van der Waals surface area contributed by atoms with E-state index in [0.29, 0.717) is 13.2 Å². The number of rotatable bonds is 9. The number of benzene rings is 1. The second kappa shape index (κ2) is 8.73. The lowest BCUT2D eigenvalue weighted by Gasteiger charge is -2.09. The highest BCUT2D eigenvalue weighted by molar-refractivity contribution is 7.99. The number of aromatic nitrogens is 3. The minimum Gasteiger partial charge on any atom is -0.497 e. The Labute approximate surface area is 151 Å². The molecule has 1 aromatic carbocycles. The number of hydrogen-bond acceptors (Lipinski definition) is 6. The number of ether oxygens (including phenoxy) is 2. The van der Waals surface area contributed by atoms with Gasteiger partial charge in [0.15, 0.2) is 11.0 Å². The van der Waals surface area contributed by atoms with Crippen LogP contribution in [-0.4, -0.2) is 40.8 Å². The Kier molecular flexibility index (Phi) is 6.14. The standard InChI is InChI=1S/C18H21N3O3S/c1-3-23-11-12-25-18-20-19-17(14-6-8-15(22-2)9-7-14)21(18)13-16-5-4-10-24-16/h4-10H,3,11-13H2,1-2H3. The number of furan rings is 1. The van der Waals surface area contributed by atoms with E-state index in [-0.39, 0.29) is 0 Å². The molecule has 3 aromatic rings. The van der Waals surface area contributed by atoms with Crippen molar-refractivity contribution in [1.82, 2.24) is 14.8 Å². The minimum atomic E-state index is 0.582. The van der Waals surface area contributed by atoms with Crippen molar-refractivity contribution in [2.45, 2.75) is 18.6 Å². The summed E-state index contributed by atoms with van der Waals surface area (Å²) in [5.41, 5.74) is 0.983. The molecule has 0 saturated heterocycles. The zero-order chi connectivity index (χ0) is 17.5. The van der Waals surface area contributed by atoms with Crippen molar-refractivity contribution < 1.29 is 13.9 Å². The van der Waals surface area contributed by atoms with Crippen molar-refractivity contribution in [2.24, 2.45) is 0 Å². The molecule has 0 spiro atoms. The average Bonchev–Trinajstić information content (AvgIpc) is 3.30. The molecule has 0 saturated carbocycles. The Hall–Kier alpha value is -2.25. The van der Waals surface area contributed by atoms with Crippen molar-refractivity contribution in [1.29, 1.82) is 0 Å². The van der Waals surface area contributed by atoms with Crippen molar-refractivity contribution in [2.75, 3.05) is 26.1 Å². The Morgan fingerprint density at radius 2 is 2.00 bits per heavy atom. The van der Waals surface area contributed by atoms with Crippen LogP contribution in [0.15, 0.2) is 52.2 Å². The van der Waals surface area contributed by atoms with Crippen LogP contribution in [0.3, 0.4) is 0 Å². The number of nitrogens with zero attached hydrogens (tertiary/aromatic N) is 3. The summed E-state index contributed by atoms with van der Waals surface area (Å²) in [5, 5.41) is 9.60. The Morgan fingerprint density at radius 3 is 2.68 bits per heavy atom. The van der Waals surface area contributed by atoms with Gasteiger partial charge in [-0.1, -0.05) is 11.8 Å². The van der Waals surface area contributed by atoms with Crippen LogP contribution >= 0.6 is 11.8 Å². The third-order valence-electron chi connectivity index (χ3n) is 3.62. The number of hydrogen-bond donors (Lipinski definition) is 0. The SMILES string of the molecule is CCOCCSc1nnc(-c2ccc(OC)cc2)n1Cc1ccco1. The first kappa shape index (κ1) is 17.6. The molecule has 0 aliphatic rings. The maximum Gasteiger partial charge on any atom is 0.192 e. The van der Waals surface area contributed by atoms with Crippen LogP contribution in [0.2, 0.25) is 0 Å². The molecule has 0 aliphatic carbocycles. The second-order valence-corrected chi connectivity index (χ2v) is 6.31. The Morgan fingerprint density at radius 1 is 1.16 bits per heavy atom. The van der Waals surface area contributed by atoms with Gasteiger partial charge in [0, 0.05) is 17.9 Å². The molecule has 0 unspecified atom stereocenters. The van der Waals surface area contributed by atoms with Crippen LogP contribution < -0.4 is 4.74 Å². The van der Waals surface area contributed by atoms with E-state index in [1.807, 2.05) is 43.3 Å². The number of methoxy groups -OCH3 is 1. The molecule has 0 fully saturated rings. The van der Waals surface area contributed by atoms with Crippen LogP contribution in [0, 0.1) is 0 Å². The molecule has 2 heterocycles. The van der Waals surface area contributed by atoms with E-state index >= 15 is 0 Å². The molecule has 0 N–H and O–H groups in total. The summed E-state index contributed by atoms with van der Waals surface area (Å²) >= 11 is 1.63. The third kappa shape index (κ3) is 4.43. The fourth-order valence-electron chi connectivity index (χ4n) is 2.39. The lowest BCUT2D eigenvalue weighted by Crippen LogP contribution is -2.05. The monoisotopic (exact) mass is 359 g/mol. The van der Waals surface area contributed by atoms with Gasteiger partial charge in [-0.3, -0.25) is 4.57 Å². The molecule has 0 atom stereocenters. The summed E-state index contributed by atoms with van der Waals surface area (Å²) in [6.07, 6.45) is 1.68. The van der Waals surface area contributed by atoms with Gasteiger partial charge in [0.1, 0.15) is 11.5 Å². The van der Waals surface area contributed by atoms with Crippen LogP contribution in [-0.2, 0) is 11.3 Å². The van der Waals surface area contributed by atoms with Gasteiger partial charge in [0.2, 0.25) is 0 Å². The van der Waals surface area contributed by atoms with E-state index in [9.17, 15) is 0 Å². The normalized spacial score (nSPS) is 11.0. The van der Waals surface area contributed by atoms with E-state index in [0.717, 1.165) is 40.4 Å². The van der Waals surface area contributed by atoms with Gasteiger partial charge in [-0.2, -0.15) is 0 Å². The average molecular weight is 359 g/mol.